The highest BCUT2D eigenvalue weighted by atomic mass is 127. The van der Waals surface area contributed by atoms with Crippen molar-refractivity contribution in [2.45, 2.75) is 39.0 Å². The normalized spacial score (nSPS) is 19.7. The van der Waals surface area contributed by atoms with Crippen LogP contribution >= 0.6 is 24.0 Å². The molecule has 7 nitrogen and oxygen atoms in total. The number of nitrogens with zero attached hydrogens (tertiary/aromatic N) is 3. The summed E-state index contributed by atoms with van der Waals surface area (Å²) in [6.45, 7) is 10.1. The van der Waals surface area contributed by atoms with Gasteiger partial charge in [-0.3, -0.25) is 9.79 Å². The standard InChI is InChI=1S/C23H37N5O2.HI/c1-2-24-23(28-15-10-19(18-28)17-27-13-4-3-5-14-27)26-12-7-11-25-22(30)20-8-6-9-21(29)16-20;/h6,8-9,16,19,29H,2-5,7,10-15,17-18H2,1H3,(H,24,26)(H,25,30);1H. The summed E-state index contributed by atoms with van der Waals surface area (Å²) >= 11 is 0. The van der Waals surface area contributed by atoms with E-state index in [1.165, 1.54) is 51.4 Å². The first-order chi connectivity index (χ1) is 14.7. The molecule has 1 atom stereocenters. The topological polar surface area (TPSA) is 80.2 Å². The molecule has 2 fully saturated rings. The lowest BCUT2D eigenvalue weighted by molar-refractivity contribution is 0.0953. The molecule has 31 heavy (non-hydrogen) atoms. The first-order valence-electron chi connectivity index (χ1n) is 11.5. The summed E-state index contributed by atoms with van der Waals surface area (Å²) in [6, 6.07) is 6.41. The number of carbonyl (C=O) groups excluding carboxylic acids is 1. The molecule has 0 aliphatic carbocycles. The second-order valence-electron chi connectivity index (χ2n) is 8.36. The van der Waals surface area contributed by atoms with Crippen LogP contribution in [0.2, 0.25) is 0 Å². The Hall–Kier alpha value is -1.55. The third kappa shape index (κ3) is 8.48. The number of nitrogens with one attached hydrogen (secondary N) is 2. The number of piperidine rings is 1. The van der Waals surface area contributed by atoms with E-state index in [1.54, 1.807) is 18.2 Å². The molecule has 3 rings (SSSR count). The van der Waals surface area contributed by atoms with E-state index in [9.17, 15) is 9.90 Å². The van der Waals surface area contributed by atoms with Crippen molar-refractivity contribution in [3.05, 3.63) is 29.8 Å². The van der Waals surface area contributed by atoms with E-state index in [-0.39, 0.29) is 35.6 Å². The van der Waals surface area contributed by atoms with Crippen molar-refractivity contribution in [2.24, 2.45) is 10.9 Å². The summed E-state index contributed by atoms with van der Waals surface area (Å²) in [5, 5.41) is 15.8. The molecule has 0 bridgehead atoms. The number of phenols is 1. The quantitative estimate of drug-likeness (QED) is 0.204. The van der Waals surface area contributed by atoms with Gasteiger partial charge in [-0.25, -0.2) is 0 Å². The molecule has 0 radical (unpaired) electrons. The molecule has 1 unspecified atom stereocenters. The van der Waals surface area contributed by atoms with Gasteiger partial charge in [0.05, 0.1) is 0 Å². The van der Waals surface area contributed by atoms with Gasteiger partial charge in [-0.2, -0.15) is 0 Å². The fourth-order valence-electron chi connectivity index (χ4n) is 4.32. The number of amides is 1. The molecule has 1 aromatic carbocycles. The van der Waals surface area contributed by atoms with Crippen LogP contribution < -0.4 is 10.6 Å². The first-order valence-corrected chi connectivity index (χ1v) is 11.5. The van der Waals surface area contributed by atoms with Gasteiger partial charge in [-0.1, -0.05) is 12.5 Å². The number of benzene rings is 1. The Morgan fingerprint density at radius 3 is 2.74 bits per heavy atom. The number of rotatable bonds is 8. The molecule has 1 amide bonds. The predicted octanol–water partition coefficient (Wildman–Crippen LogP) is 2.90. The number of hydrogen-bond acceptors (Lipinski definition) is 4. The van der Waals surface area contributed by atoms with E-state index in [0.29, 0.717) is 18.7 Å². The summed E-state index contributed by atoms with van der Waals surface area (Å²) in [5.41, 5.74) is 0.476. The lowest BCUT2D eigenvalue weighted by Crippen LogP contribution is -2.41. The van der Waals surface area contributed by atoms with E-state index >= 15 is 0 Å². The van der Waals surface area contributed by atoms with E-state index in [1.807, 2.05) is 0 Å². The summed E-state index contributed by atoms with van der Waals surface area (Å²) in [4.78, 5) is 21.9. The Labute approximate surface area is 203 Å². The van der Waals surface area contributed by atoms with Crippen molar-refractivity contribution in [3.8, 4) is 5.75 Å². The Bertz CT molecular complexity index is 709. The summed E-state index contributed by atoms with van der Waals surface area (Å²) in [5.74, 6) is 1.67. The minimum absolute atomic E-state index is 0. The second kappa shape index (κ2) is 13.8. The molecule has 0 saturated carbocycles. The van der Waals surface area contributed by atoms with Crippen molar-refractivity contribution in [1.29, 1.82) is 0 Å². The van der Waals surface area contributed by atoms with Crippen LogP contribution in [-0.2, 0) is 0 Å². The maximum Gasteiger partial charge on any atom is 0.251 e. The number of likely N-dealkylation sites (tertiary alicyclic amines) is 2. The van der Waals surface area contributed by atoms with Crippen LogP contribution in [-0.4, -0.2) is 79.1 Å². The fraction of sp³-hybridized carbons (Fsp3) is 0.652. The van der Waals surface area contributed by atoms with E-state index < -0.39 is 0 Å². The number of halogens is 1. The number of aromatic hydroxyl groups is 1. The minimum atomic E-state index is -0.165. The highest BCUT2D eigenvalue weighted by Gasteiger charge is 2.26. The van der Waals surface area contributed by atoms with E-state index in [2.05, 4.69) is 27.4 Å². The van der Waals surface area contributed by atoms with E-state index in [4.69, 9.17) is 4.99 Å². The van der Waals surface area contributed by atoms with Gasteiger partial charge in [0.2, 0.25) is 0 Å². The Morgan fingerprint density at radius 2 is 2.00 bits per heavy atom. The highest BCUT2D eigenvalue weighted by molar-refractivity contribution is 14.0. The Morgan fingerprint density at radius 1 is 1.19 bits per heavy atom. The van der Waals surface area contributed by atoms with Crippen LogP contribution in [0.3, 0.4) is 0 Å². The SMILES string of the molecule is CCNC(=NCCCNC(=O)c1cccc(O)c1)N1CCC(CN2CCCCC2)C1.I. The summed E-state index contributed by atoms with van der Waals surface area (Å²) < 4.78 is 0. The maximum absolute atomic E-state index is 12.1. The van der Waals surface area contributed by atoms with Crippen LogP contribution in [0.25, 0.3) is 0 Å². The van der Waals surface area contributed by atoms with Gasteiger partial charge in [0.15, 0.2) is 5.96 Å². The first kappa shape index (κ1) is 25.7. The summed E-state index contributed by atoms with van der Waals surface area (Å²) in [7, 11) is 0. The van der Waals surface area contributed by atoms with Crippen molar-refractivity contribution in [1.82, 2.24) is 20.4 Å². The zero-order valence-electron chi connectivity index (χ0n) is 18.7. The highest BCUT2D eigenvalue weighted by Crippen LogP contribution is 2.20. The molecule has 8 heteroatoms. The number of guanidine groups is 1. The zero-order valence-corrected chi connectivity index (χ0v) is 21.0. The summed E-state index contributed by atoms with van der Waals surface area (Å²) in [6.07, 6.45) is 6.11. The molecule has 0 spiro atoms. The Balaban J connectivity index is 0.00000341. The van der Waals surface area contributed by atoms with Crippen LogP contribution in [0.4, 0.5) is 0 Å². The van der Waals surface area contributed by atoms with Crippen LogP contribution in [0, 0.1) is 5.92 Å². The van der Waals surface area contributed by atoms with Crippen molar-refractivity contribution in [3.63, 3.8) is 0 Å². The number of carbonyl (C=O) groups is 1. The van der Waals surface area contributed by atoms with Gasteiger partial charge in [0, 0.05) is 44.8 Å². The Kier molecular flexibility index (Phi) is 11.4. The monoisotopic (exact) mass is 543 g/mol. The smallest absolute Gasteiger partial charge is 0.251 e. The number of hydrogen-bond donors (Lipinski definition) is 3. The van der Waals surface area contributed by atoms with Gasteiger partial charge in [-0.15, -0.1) is 24.0 Å². The molecule has 1 aromatic rings. The third-order valence-electron chi connectivity index (χ3n) is 5.88. The van der Waals surface area contributed by atoms with Crippen molar-refractivity contribution in [2.75, 3.05) is 52.4 Å². The second-order valence-corrected chi connectivity index (χ2v) is 8.36. The molecular weight excluding hydrogens is 505 g/mol. The predicted molar refractivity (Wildman–Crippen MR) is 136 cm³/mol. The molecule has 2 heterocycles. The third-order valence-corrected chi connectivity index (χ3v) is 5.88. The molecule has 2 aliphatic rings. The van der Waals surface area contributed by atoms with Gasteiger partial charge < -0.3 is 25.5 Å². The number of phenolic OH excluding ortho intramolecular Hbond substituents is 1. The number of aliphatic imine (C=N–C) groups is 1. The average Bonchev–Trinajstić information content (AvgIpc) is 3.21. The molecule has 2 aliphatic heterocycles. The van der Waals surface area contributed by atoms with Crippen molar-refractivity contribution >= 4 is 35.8 Å². The van der Waals surface area contributed by atoms with Gasteiger partial charge in [-0.05, 0) is 69.8 Å². The van der Waals surface area contributed by atoms with Crippen LogP contribution in [0.15, 0.2) is 29.3 Å². The fourth-order valence-corrected chi connectivity index (χ4v) is 4.32. The average molecular weight is 543 g/mol. The van der Waals surface area contributed by atoms with Gasteiger partial charge in [0.1, 0.15) is 5.75 Å². The van der Waals surface area contributed by atoms with Crippen LogP contribution in [0.1, 0.15) is 49.4 Å². The van der Waals surface area contributed by atoms with Gasteiger partial charge >= 0.3 is 0 Å². The van der Waals surface area contributed by atoms with E-state index in [0.717, 1.165) is 37.9 Å². The maximum atomic E-state index is 12.1. The molecule has 174 valence electrons. The largest absolute Gasteiger partial charge is 0.508 e. The van der Waals surface area contributed by atoms with Crippen molar-refractivity contribution < 1.29 is 9.90 Å². The minimum Gasteiger partial charge on any atom is -0.508 e. The molecular formula is C23H38IN5O2. The molecule has 3 N–H and O–H groups in total. The lowest BCUT2D eigenvalue weighted by atomic mass is 10.1. The molecule has 0 aromatic heterocycles. The van der Waals surface area contributed by atoms with Crippen LogP contribution in [0.5, 0.6) is 5.75 Å². The van der Waals surface area contributed by atoms with Gasteiger partial charge in [0.25, 0.3) is 5.91 Å². The zero-order chi connectivity index (χ0) is 21.2. The molecule has 2 saturated heterocycles. The lowest BCUT2D eigenvalue weighted by Gasteiger charge is -2.29.